The van der Waals surface area contributed by atoms with Crippen molar-refractivity contribution >= 4 is 45.8 Å². The molecule has 0 unspecified atom stereocenters. The summed E-state index contributed by atoms with van der Waals surface area (Å²) in [6.07, 6.45) is 0. The summed E-state index contributed by atoms with van der Waals surface area (Å²) < 4.78 is 6.86. The molecule has 0 bridgehead atoms. The van der Waals surface area contributed by atoms with Crippen molar-refractivity contribution in [2.75, 3.05) is 5.32 Å². The quantitative estimate of drug-likeness (QED) is 0.491. The second kappa shape index (κ2) is 6.99. The highest BCUT2D eigenvalue weighted by molar-refractivity contribution is 14.1. The smallest absolute Gasteiger partial charge is 0.291 e. The van der Waals surface area contributed by atoms with Gasteiger partial charge in [0.05, 0.1) is 0 Å². The second-order valence-corrected chi connectivity index (χ2v) is 7.14. The van der Waals surface area contributed by atoms with E-state index >= 15 is 0 Å². The van der Waals surface area contributed by atoms with Crippen LogP contribution in [0, 0.1) is 17.4 Å². The highest BCUT2D eigenvalue weighted by Crippen LogP contribution is 2.30. The topological polar surface area (TPSA) is 42.2 Å². The fourth-order valence-corrected chi connectivity index (χ4v) is 3.25. The van der Waals surface area contributed by atoms with Gasteiger partial charge in [-0.2, -0.15) is 0 Å². The third-order valence-corrected chi connectivity index (χ3v) is 4.88. The zero-order valence-corrected chi connectivity index (χ0v) is 16.1. The molecule has 3 nitrogen and oxygen atoms in total. The Labute approximate surface area is 159 Å². The number of carbonyl (C=O) groups excluding carboxylic acids is 1. The van der Waals surface area contributed by atoms with E-state index in [2.05, 4.69) is 27.9 Å². The molecule has 122 valence electrons. The van der Waals surface area contributed by atoms with Gasteiger partial charge < -0.3 is 9.73 Å². The zero-order chi connectivity index (χ0) is 17.3. The van der Waals surface area contributed by atoms with Crippen molar-refractivity contribution in [1.29, 1.82) is 0 Å². The minimum atomic E-state index is -0.273. The van der Waals surface area contributed by atoms with Gasteiger partial charge >= 0.3 is 0 Å². The summed E-state index contributed by atoms with van der Waals surface area (Å²) in [6.45, 7) is 3.88. The Balaban J connectivity index is 1.85. The first-order chi connectivity index (χ1) is 11.5. The lowest BCUT2D eigenvalue weighted by molar-refractivity contribution is 0.0997. The molecule has 0 fully saturated rings. The lowest BCUT2D eigenvalue weighted by Gasteiger charge is -2.07. The highest BCUT2D eigenvalue weighted by Gasteiger charge is 2.15. The molecule has 0 aliphatic rings. The first-order valence-corrected chi connectivity index (χ1v) is 8.84. The van der Waals surface area contributed by atoms with Crippen LogP contribution in [-0.4, -0.2) is 5.91 Å². The summed E-state index contributed by atoms with van der Waals surface area (Å²) >= 11 is 8.39. The number of rotatable bonds is 3. The van der Waals surface area contributed by atoms with Gasteiger partial charge in [0, 0.05) is 19.8 Å². The Morgan fingerprint density at radius 1 is 1.12 bits per heavy atom. The average molecular weight is 452 g/mol. The van der Waals surface area contributed by atoms with Gasteiger partial charge in [-0.15, -0.1) is 0 Å². The van der Waals surface area contributed by atoms with Gasteiger partial charge in [-0.25, -0.2) is 0 Å². The average Bonchev–Trinajstić information content (AvgIpc) is 3.02. The van der Waals surface area contributed by atoms with E-state index in [0.29, 0.717) is 10.8 Å². The van der Waals surface area contributed by atoms with E-state index in [1.54, 1.807) is 12.1 Å². The summed E-state index contributed by atoms with van der Waals surface area (Å²) in [6, 6.07) is 14.9. The fourth-order valence-electron chi connectivity index (χ4n) is 2.43. The van der Waals surface area contributed by atoms with E-state index in [1.165, 1.54) is 0 Å². The SMILES string of the molecule is Cc1cc(I)ccc1NC(=O)c1ccc(-c2cccc(Cl)c2C)o1. The van der Waals surface area contributed by atoms with E-state index in [9.17, 15) is 4.79 Å². The molecule has 1 amide bonds. The molecule has 0 aliphatic carbocycles. The number of benzene rings is 2. The number of halogens is 2. The van der Waals surface area contributed by atoms with Gasteiger partial charge in [0.25, 0.3) is 5.91 Å². The van der Waals surface area contributed by atoms with Crippen LogP contribution in [0.5, 0.6) is 0 Å². The molecule has 0 radical (unpaired) electrons. The second-order valence-electron chi connectivity index (χ2n) is 5.49. The number of anilines is 1. The van der Waals surface area contributed by atoms with Crippen LogP contribution in [0.25, 0.3) is 11.3 Å². The van der Waals surface area contributed by atoms with Crippen molar-refractivity contribution in [3.63, 3.8) is 0 Å². The Morgan fingerprint density at radius 2 is 1.92 bits per heavy atom. The van der Waals surface area contributed by atoms with Crippen LogP contribution in [-0.2, 0) is 0 Å². The Bertz CT molecular complexity index is 917. The maximum Gasteiger partial charge on any atom is 0.291 e. The largest absolute Gasteiger partial charge is 0.451 e. The van der Waals surface area contributed by atoms with Crippen LogP contribution in [0.3, 0.4) is 0 Å². The number of aryl methyl sites for hydroxylation is 1. The van der Waals surface area contributed by atoms with Crippen LogP contribution in [0.4, 0.5) is 5.69 Å². The Morgan fingerprint density at radius 3 is 2.67 bits per heavy atom. The van der Waals surface area contributed by atoms with E-state index < -0.39 is 0 Å². The highest BCUT2D eigenvalue weighted by atomic mass is 127. The normalized spacial score (nSPS) is 10.7. The van der Waals surface area contributed by atoms with Crippen LogP contribution < -0.4 is 5.32 Å². The maximum absolute atomic E-state index is 12.4. The minimum absolute atomic E-state index is 0.266. The standard InChI is InChI=1S/C19H15ClINO2/c1-11-10-13(21)6-7-16(11)22-19(23)18-9-8-17(24-18)14-4-3-5-15(20)12(14)2/h3-10H,1-2H3,(H,22,23). The van der Waals surface area contributed by atoms with E-state index in [-0.39, 0.29) is 11.7 Å². The number of carbonyl (C=O) groups is 1. The van der Waals surface area contributed by atoms with Crippen molar-refractivity contribution in [1.82, 2.24) is 0 Å². The Hall–Kier alpha value is -1.79. The van der Waals surface area contributed by atoms with Gasteiger partial charge in [0.2, 0.25) is 0 Å². The van der Waals surface area contributed by atoms with E-state index in [1.807, 2.05) is 50.2 Å². The molecule has 0 spiro atoms. The van der Waals surface area contributed by atoms with Crippen molar-refractivity contribution in [3.8, 4) is 11.3 Å². The summed E-state index contributed by atoms with van der Waals surface area (Å²) in [4.78, 5) is 12.4. The fraction of sp³-hybridized carbons (Fsp3) is 0.105. The van der Waals surface area contributed by atoms with Crippen LogP contribution >= 0.6 is 34.2 Å². The molecule has 1 heterocycles. The number of amides is 1. The lowest BCUT2D eigenvalue weighted by atomic mass is 10.1. The zero-order valence-electron chi connectivity index (χ0n) is 13.2. The van der Waals surface area contributed by atoms with Gasteiger partial charge in [-0.05, 0) is 84.0 Å². The molecule has 0 aliphatic heterocycles. The van der Waals surface area contributed by atoms with Crippen molar-refractivity contribution in [2.45, 2.75) is 13.8 Å². The first kappa shape index (κ1) is 17.0. The predicted molar refractivity (Wildman–Crippen MR) is 106 cm³/mol. The molecule has 3 aromatic rings. The molecule has 5 heteroatoms. The van der Waals surface area contributed by atoms with Gasteiger partial charge in [0.15, 0.2) is 5.76 Å². The van der Waals surface area contributed by atoms with Crippen LogP contribution in [0.2, 0.25) is 5.02 Å². The van der Waals surface area contributed by atoms with Crippen molar-refractivity contribution < 1.29 is 9.21 Å². The molecule has 3 rings (SSSR count). The number of hydrogen-bond acceptors (Lipinski definition) is 2. The number of nitrogens with one attached hydrogen (secondary N) is 1. The van der Waals surface area contributed by atoms with E-state index in [0.717, 1.165) is 25.9 Å². The molecule has 2 aromatic carbocycles. The first-order valence-electron chi connectivity index (χ1n) is 7.38. The summed E-state index contributed by atoms with van der Waals surface area (Å²) in [5, 5.41) is 3.55. The molecule has 0 saturated heterocycles. The number of hydrogen-bond donors (Lipinski definition) is 1. The summed E-state index contributed by atoms with van der Waals surface area (Å²) in [5.41, 5.74) is 3.59. The van der Waals surface area contributed by atoms with Gasteiger partial charge in [-0.3, -0.25) is 4.79 Å². The van der Waals surface area contributed by atoms with Crippen LogP contribution in [0.15, 0.2) is 52.9 Å². The van der Waals surface area contributed by atoms with Crippen LogP contribution in [0.1, 0.15) is 21.7 Å². The predicted octanol–water partition coefficient (Wildman–Crippen LogP) is 6.07. The van der Waals surface area contributed by atoms with Crippen molar-refractivity contribution in [2.24, 2.45) is 0 Å². The molecule has 1 N–H and O–H groups in total. The third-order valence-electron chi connectivity index (χ3n) is 3.80. The minimum Gasteiger partial charge on any atom is -0.451 e. The molecule has 24 heavy (non-hydrogen) atoms. The van der Waals surface area contributed by atoms with Gasteiger partial charge in [0.1, 0.15) is 5.76 Å². The van der Waals surface area contributed by atoms with Crippen molar-refractivity contribution in [3.05, 3.63) is 74.0 Å². The monoisotopic (exact) mass is 451 g/mol. The molecule has 1 aromatic heterocycles. The van der Waals surface area contributed by atoms with E-state index in [4.69, 9.17) is 16.0 Å². The maximum atomic E-state index is 12.4. The molecule has 0 saturated carbocycles. The summed E-state index contributed by atoms with van der Waals surface area (Å²) in [5.74, 6) is 0.618. The summed E-state index contributed by atoms with van der Waals surface area (Å²) in [7, 11) is 0. The molecular weight excluding hydrogens is 437 g/mol. The Kier molecular flexibility index (Phi) is 4.96. The molecular formula is C19H15ClINO2. The lowest BCUT2D eigenvalue weighted by Crippen LogP contribution is -2.11. The third kappa shape index (κ3) is 3.49. The number of furan rings is 1. The molecule has 0 atom stereocenters. The van der Waals surface area contributed by atoms with Gasteiger partial charge in [-0.1, -0.05) is 23.7 Å².